The molecule has 1 amide bonds. The van der Waals surface area contributed by atoms with Crippen LogP contribution in [0.5, 0.6) is 11.5 Å². The van der Waals surface area contributed by atoms with Gasteiger partial charge in [-0.25, -0.2) is 0 Å². The van der Waals surface area contributed by atoms with Crippen LogP contribution in [0.15, 0.2) is 54.2 Å². The molecule has 7 rings (SSSR count). The summed E-state index contributed by atoms with van der Waals surface area (Å²) in [4.78, 5) is 85.1. The molecule has 3 aromatic carbocycles. The number of carbonyl (C=O) groups excluding carboxylic acids is 6. The van der Waals surface area contributed by atoms with Gasteiger partial charge in [0.15, 0.2) is 23.2 Å². The van der Waals surface area contributed by atoms with E-state index < -0.39 is 147 Å². The molecule has 0 bridgehead atoms. The van der Waals surface area contributed by atoms with E-state index in [1.807, 2.05) is 0 Å². The highest BCUT2D eigenvalue weighted by atomic mass is 16.6. The molecular weight excluding hydrogens is 800 g/mol. The second-order valence-corrected chi connectivity index (χ2v) is 15.4. The molecule has 322 valence electrons. The number of phenolic OH excluding ortho intramolecular Hbond substituents is 2. The Bertz CT molecular complexity index is 2410. The number of rotatable bonds is 10. The number of ketones is 4. The fourth-order valence-corrected chi connectivity index (χ4v) is 9.00. The molecule has 8 atom stereocenters. The molecule has 18 heteroatoms. The minimum atomic E-state index is -3.33. The van der Waals surface area contributed by atoms with Crippen LogP contribution in [0.3, 0.4) is 0 Å². The van der Waals surface area contributed by atoms with Gasteiger partial charge in [-0.2, -0.15) is 0 Å². The lowest BCUT2D eigenvalue weighted by molar-refractivity contribution is -0.236. The summed E-state index contributed by atoms with van der Waals surface area (Å²) in [7, 11) is 4.80. The summed E-state index contributed by atoms with van der Waals surface area (Å²) in [5.41, 5.74) is -9.98. The Morgan fingerprint density at radius 3 is 2.25 bits per heavy atom. The second kappa shape index (κ2) is 15.9. The fourth-order valence-electron chi connectivity index (χ4n) is 9.00. The first-order valence-electron chi connectivity index (χ1n) is 19.1. The Labute approximate surface area is 348 Å². The number of aromatic hydroxyl groups is 2. The molecule has 0 saturated carbocycles. The number of aliphatic hydroxyl groups excluding tert-OH is 2. The number of esters is 1. The molecule has 1 saturated heterocycles. The van der Waals surface area contributed by atoms with Crippen LogP contribution in [0.2, 0.25) is 0 Å². The van der Waals surface area contributed by atoms with Crippen molar-refractivity contribution in [1.82, 2.24) is 10.2 Å². The highest BCUT2D eigenvalue weighted by molar-refractivity contribution is 6.31. The van der Waals surface area contributed by atoms with Crippen molar-refractivity contribution in [2.45, 2.75) is 74.8 Å². The van der Waals surface area contributed by atoms with Crippen molar-refractivity contribution in [3.8, 4) is 11.5 Å². The smallest absolute Gasteiger partial charge is 0.325 e. The summed E-state index contributed by atoms with van der Waals surface area (Å²) in [5, 5.41) is 61.7. The summed E-state index contributed by atoms with van der Waals surface area (Å²) in [6, 6.07) is 10.9. The van der Waals surface area contributed by atoms with Crippen LogP contribution in [-0.2, 0) is 47.1 Å². The van der Waals surface area contributed by atoms with Crippen LogP contribution in [-0.4, -0.2) is 143 Å². The molecule has 61 heavy (non-hydrogen) atoms. The Morgan fingerprint density at radius 2 is 1.61 bits per heavy atom. The minimum Gasteiger partial charge on any atom is -0.507 e. The zero-order valence-electron chi connectivity index (χ0n) is 33.9. The van der Waals surface area contributed by atoms with Crippen LogP contribution < -0.4 is 5.32 Å². The summed E-state index contributed by atoms with van der Waals surface area (Å²) < 4.78 is 27.5. The lowest BCUT2D eigenvalue weighted by Gasteiger charge is -2.53. The van der Waals surface area contributed by atoms with Crippen LogP contribution in [0.4, 0.5) is 0 Å². The number of hydrogen-bond acceptors (Lipinski definition) is 17. The molecule has 1 aliphatic heterocycles. The average Bonchev–Trinajstić information content (AvgIpc) is 3.21. The number of benzene rings is 3. The van der Waals surface area contributed by atoms with Gasteiger partial charge in [-0.05, 0) is 36.6 Å². The van der Waals surface area contributed by atoms with Gasteiger partial charge in [0, 0.05) is 57.6 Å². The highest BCUT2D eigenvalue weighted by Gasteiger charge is 2.72. The zero-order valence-corrected chi connectivity index (χ0v) is 33.9. The van der Waals surface area contributed by atoms with Gasteiger partial charge < -0.3 is 59.4 Å². The Kier molecular flexibility index (Phi) is 11.3. The van der Waals surface area contributed by atoms with Crippen molar-refractivity contribution in [1.29, 1.82) is 0 Å². The predicted octanol–water partition coefficient (Wildman–Crippen LogP) is 0.779. The number of ether oxygens (including phenoxy) is 5. The average molecular weight is 845 g/mol. The number of nitrogens with one attached hydrogen (secondary N) is 1. The number of amides is 1. The van der Waals surface area contributed by atoms with Gasteiger partial charge >= 0.3 is 5.97 Å². The first kappa shape index (κ1) is 43.2. The molecule has 3 aromatic rings. The Balaban J connectivity index is 1.28. The minimum absolute atomic E-state index is 0.0566. The number of fused-ring (bicyclic) bond motifs is 5. The Morgan fingerprint density at radius 1 is 0.934 bits per heavy atom. The molecular formula is C43H44N2O16. The summed E-state index contributed by atoms with van der Waals surface area (Å²) in [6.45, 7) is 2.38. The first-order valence-corrected chi connectivity index (χ1v) is 19.1. The molecule has 0 aromatic heterocycles. The first-order chi connectivity index (χ1) is 28.9. The molecule has 0 unspecified atom stereocenters. The third-order valence-electron chi connectivity index (χ3n) is 11.9. The number of methoxy groups -OCH3 is 3. The number of aliphatic hydroxyl groups is 3. The lowest BCUT2D eigenvalue weighted by atomic mass is 9.56. The molecule has 0 spiro atoms. The normalized spacial score (nSPS) is 27.9. The molecule has 1 fully saturated rings. The number of likely N-dealkylation sites (N-methyl/N-ethyl adjacent to an activating group) is 1. The van der Waals surface area contributed by atoms with E-state index in [4.69, 9.17) is 23.7 Å². The van der Waals surface area contributed by atoms with Crippen LogP contribution in [0.25, 0.3) is 0 Å². The van der Waals surface area contributed by atoms with Crippen molar-refractivity contribution in [2.24, 2.45) is 0 Å². The molecule has 18 nitrogen and oxygen atoms in total. The lowest BCUT2D eigenvalue weighted by Crippen LogP contribution is -2.73. The number of allylic oxidation sites excluding steroid dienone is 2. The number of nitrogens with zero attached hydrogens (tertiary/aromatic N) is 1. The van der Waals surface area contributed by atoms with Crippen LogP contribution >= 0.6 is 0 Å². The predicted molar refractivity (Wildman–Crippen MR) is 208 cm³/mol. The number of carbonyl (C=O) groups is 6. The van der Waals surface area contributed by atoms with E-state index in [2.05, 4.69) is 5.32 Å². The van der Waals surface area contributed by atoms with Gasteiger partial charge in [0.05, 0.1) is 34.6 Å². The van der Waals surface area contributed by atoms with Gasteiger partial charge in [-0.3, -0.25) is 28.8 Å². The van der Waals surface area contributed by atoms with E-state index in [-0.39, 0.29) is 17.7 Å². The molecule has 3 aliphatic carbocycles. The molecule has 4 aliphatic rings. The highest BCUT2D eigenvalue weighted by Crippen LogP contribution is 2.56. The second-order valence-electron chi connectivity index (χ2n) is 15.4. The van der Waals surface area contributed by atoms with Crippen LogP contribution in [0, 0.1) is 6.92 Å². The van der Waals surface area contributed by atoms with Gasteiger partial charge in [-0.15, -0.1) is 0 Å². The van der Waals surface area contributed by atoms with Gasteiger partial charge in [-0.1, -0.05) is 36.4 Å². The van der Waals surface area contributed by atoms with Gasteiger partial charge in [0.1, 0.15) is 43.0 Å². The van der Waals surface area contributed by atoms with Gasteiger partial charge in [0.2, 0.25) is 17.3 Å². The van der Waals surface area contributed by atoms with E-state index in [0.29, 0.717) is 5.56 Å². The van der Waals surface area contributed by atoms with Crippen LogP contribution in [0.1, 0.15) is 81.0 Å². The summed E-state index contributed by atoms with van der Waals surface area (Å²) in [5.74, 6) is -8.60. The largest absolute Gasteiger partial charge is 0.507 e. The third kappa shape index (κ3) is 6.44. The summed E-state index contributed by atoms with van der Waals surface area (Å²) >= 11 is 0. The van der Waals surface area contributed by atoms with Crippen molar-refractivity contribution in [3.63, 3.8) is 0 Å². The van der Waals surface area contributed by atoms with Crippen molar-refractivity contribution < 1.29 is 78.0 Å². The quantitative estimate of drug-likeness (QED) is 0.154. The maximum atomic E-state index is 14.9. The van der Waals surface area contributed by atoms with Gasteiger partial charge in [0.25, 0.3) is 5.91 Å². The number of phenols is 2. The third-order valence-corrected chi connectivity index (χ3v) is 11.9. The Hall–Kier alpha value is -5.86. The van der Waals surface area contributed by atoms with Crippen molar-refractivity contribution in [3.05, 3.63) is 104 Å². The van der Waals surface area contributed by atoms with E-state index in [9.17, 15) is 54.3 Å². The topological polar surface area (TPSA) is 265 Å². The van der Waals surface area contributed by atoms with Crippen molar-refractivity contribution in [2.75, 3.05) is 34.9 Å². The maximum Gasteiger partial charge on any atom is 0.325 e. The number of aryl methyl sites for hydroxylation is 1. The number of hydrogen-bond donors (Lipinski definition) is 6. The number of Topliss-reactive ketones (excluding diaryl/α,β-unsaturated/α-hetero) is 3. The molecule has 0 radical (unpaired) electrons. The summed E-state index contributed by atoms with van der Waals surface area (Å²) in [6.07, 6.45) is -6.82. The van der Waals surface area contributed by atoms with Crippen molar-refractivity contribution >= 4 is 35.0 Å². The van der Waals surface area contributed by atoms with E-state index >= 15 is 0 Å². The standard InChI is InChI=1S/C43H44N2O16/c1-18-12-21-13-26(47)43(59-6)39(54)30-23(14-22-29(33(30)50)25(46)15-24(32(22)49)44-40-37(58-5)35(52)36(57-4)19(2)61-40)38(53)42(43,56)31(21)34(51)28(18)41(55)45(3)16-27(48)60-17-20-10-8-7-9-11-20/h7-12,14-15,19,26,35-37,40,44,47,50-52,56H,13,16-17H2,1-6H3/t19-,26+,35+,36-,37+,40-,42-,43+/m0/s1. The molecule has 6 N–H and O–H groups in total. The maximum absolute atomic E-state index is 14.9. The fraction of sp³-hybridized carbons (Fsp3) is 0.395. The van der Waals surface area contributed by atoms with E-state index in [1.165, 1.54) is 34.3 Å². The van der Waals surface area contributed by atoms with E-state index in [1.54, 1.807) is 37.3 Å². The molecule has 1 heterocycles. The monoisotopic (exact) mass is 844 g/mol. The zero-order chi connectivity index (χ0) is 44.5. The van der Waals surface area contributed by atoms with E-state index in [0.717, 1.165) is 24.2 Å². The SMILES string of the molecule is CO[C@@H]1[C@@H](O)[C@@H](OC)[C@@H](NC2=CC(=O)c3c(cc4c(c3O)C(=O)[C@]3(OC)[C@H](O)Cc5cc(C)c(C(=O)N(C)CC(=O)OCc6ccccc6)c(O)c5[C@]3(O)C4=O)C2=O)O[C@H]1C.